The highest BCUT2D eigenvalue weighted by molar-refractivity contribution is 6.31. The number of benzene rings is 1. The standard InChI is InChI=1S/C12H12Cl2O2/c1-9(15)11-8-10(14)4-5-12(11)16-7-3-2-6-13/h2-5,8H,6-7H2,1H3. The fourth-order valence-electron chi connectivity index (χ4n) is 1.17. The quantitative estimate of drug-likeness (QED) is 0.457. The van der Waals surface area contributed by atoms with Crippen LogP contribution in [-0.4, -0.2) is 18.3 Å². The summed E-state index contributed by atoms with van der Waals surface area (Å²) in [6.07, 6.45) is 3.58. The average molecular weight is 259 g/mol. The summed E-state index contributed by atoms with van der Waals surface area (Å²) in [5, 5.41) is 0.522. The molecule has 0 atom stereocenters. The van der Waals surface area contributed by atoms with Crippen LogP contribution in [0, 0.1) is 0 Å². The van der Waals surface area contributed by atoms with Crippen LogP contribution in [0.3, 0.4) is 0 Å². The fraction of sp³-hybridized carbons (Fsp3) is 0.250. The van der Waals surface area contributed by atoms with Crippen LogP contribution < -0.4 is 4.74 Å². The van der Waals surface area contributed by atoms with E-state index in [2.05, 4.69) is 0 Å². The molecule has 0 aliphatic heterocycles. The van der Waals surface area contributed by atoms with E-state index in [0.29, 0.717) is 28.8 Å². The van der Waals surface area contributed by atoms with E-state index in [9.17, 15) is 4.79 Å². The molecule has 0 unspecified atom stereocenters. The van der Waals surface area contributed by atoms with Gasteiger partial charge in [0.15, 0.2) is 5.78 Å². The molecule has 0 heterocycles. The summed E-state index contributed by atoms with van der Waals surface area (Å²) in [7, 11) is 0. The molecule has 0 saturated carbocycles. The Balaban J connectivity index is 2.78. The molecule has 0 aromatic heterocycles. The van der Waals surface area contributed by atoms with Gasteiger partial charge >= 0.3 is 0 Å². The van der Waals surface area contributed by atoms with E-state index >= 15 is 0 Å². The highest BCUT2D eigenvalue weighted by Gasteiger charge is 2.08. The smallest absolute Gasteiger partial charge is 0.163 e. The van der Waals surface area contributed by atoms with E-state index in [1.165, 1.54) is 6.92 Å². The van der Waals surface area contributed by atoms with Crippen LogP contribution in [0.2, 0.25) is 5.02 Å². The Labute approximate surface area is 105 Å². The van der Waals surface area contributed by atoms with Crippen molar-refractivity contribution in [2.75, 3.05) is 12.5 Å². The number of carbonyl (C=O) groups is 1. The van der Waals surface area contributed by atoms with Gasteiger partial charge in [-0.3, -0.25) is 4.79 Å². The zero-order valence-corrected chi connectivity index (χ0v) is 10.4. The third-order valence-electron chi connectivity index (χ3n) is 1.91. The number of hydrogen-bond acceptors (Lipinski definition) is 2. The van der Waals surface area contributed by atoms with Gasteiger partial charge in [0.2, 0.25) is 0 Å². The number of Topliss-reactive ketones (excluding diaryl/α,β-unsaturated/α-hetero) is 1. The van der Waals surface area contributed by atoms with E-state index in [-0.39, 0.29) is 5.78 Å². The lowest BCUT2D eigenvalue weighted by Crippen LogP contribution is -2.01. The summed E-state index contributed by atoms with van der Waals surface area (Å²) in [6.45, 7) is 1.86. The van der Waals surface area contributed by atoms with Crippen LogP contribution in [0.1, 0.15) is 17.3 Å². The van der Waals surface area contributed by atoms with Gasteiger partial charge in [-0.2, -0.15) is 0 Å². The number of alkyl halides is 1. The highest BCUT2D eigenvalue weighted by atomic mass is 35.5. The second-order valence-corrected chi connectivity index (χ2v) is 3.88. The molecule has 4 heteroatoms. The van der Waals surface area contributed by atoms with Crippen LogP contribution in [0.15, 0.2) is 30.4 Å². The Kier molecular flexibility index (Phi) is 5.36. The van der Waals surface area contributed by atoms with Crippen molar-refractivity contribution in [2.45, 2.75) is 6.92 Å². The summed E-state index contributed by atoms with van der Waals surface area (Å²) in [4.78, 5) is 11.3. The van der Waals surface area contributed by atoms with Crippen molar-refractivity contribution in [3.05, 3.63) is 40.9 Å². The molecule has 0 aliphatic rings. The van der Waals surface area contributed by atoms with Gasteiger partial charge in [-0.15, -0.1) is 11.6 Å². The predicted octanol–water partition coefficient (Wildman–Crippen LogP) is 3.72. The van der Waals surface area contributed by atoms with E-state index in [1.807, 2.05) is 0 Å². The van der Waals surface area contributed by atoms with Gasteiger partial charge in [-0.25, -0.2) is 0 Å². The number of hydrogen-bond donors (Lipinski definition) is 0. The van der Waals surface area contributed by atoms with E-state index in [1.54, 1.807) is 30.4 Å². The predicted molar refractivity (Wildman–Crippen MR) is 66.8 cm³/mol. The van der Waals surface area contributed by atoms with E-state index in [0.717, 1.165) is 0 Å². The van der Waals surface area contributed by atoms with Gasteiger partial charge < -0.3 is 4.74 Å². The Bertz CT molecular complexity index is 400. The molecule has 0 N–H and O–H groups in total. The monoisotopic (exact) mass is 258 g/mol. The maximum atomic E-state index is 11.3. The number of allylic oxidation sites excluding steroid dienone is 1. The first-order valence-electron chi connectivity index (χ1n) is 4.79. The van der Waals surface area contributed by atoms with Gasteiger partial charge in [0.25, 0.3) is 0 Å². The zero-order valence-electron chi connectivity index (χ0n) is 8.87. The van der Waals surface area contributed by atoms with Crippen LogP contribution in [0.5, 0.6) is 5.75 Å². The molecule has 0 spiro atoms. The molecule has 1 rings (SSSR count). The van der Waals surface area contributed by atoms with Gasteiger partial charge in [0.1, 0.15) is 12.4 Å². The second kappa shape index (κ2) is 6.56. The summed E-state index contributed by atoms with van der Waals surface area (Å²) in [5.74, 6) is 0.916. The molecule has 2 nitrogen and oxygen atoms in total. The lowest BCUT2D eigenvalue weighted by Gasteiger charge is -2.08. The normalized spacial score (nSPS) is 10.7. The maximum Gasteiger partial charge on any atom is 0.163 e. The first kappa shape index (κ1) is 13.1. The molecule has 0 saturated heterocycles. The van der Waals surface area contributed by atoms with Crippen molar-refractivity contribution in [3.8, 4) is 5.75 Å². The lowest BCUT2D eigenvalue weighted by molar-refractivity contribution is 0.101. The largest absolute Gasteiger partial charge is 0.489 e. The number of rotatable bonds is 5. The summed E-state index contributed by atoms with van der Waals surface area (Å²) < 4.78 is 5.43. The molecule has 86 valence electrons. The summed E-state index contributed by atoms with van der Waals surface area (Å²) >= 11 is 11.3. The van der Waals surface area contributed by atoms with Gasteiger partial charge in [-0.05, 0) is 25.1 Å². The number of carbonyl (C=O) groups excluding carboxylic acids is 1. The molecular formula is C12H12Cl2O2. The van der Waals surface area contributed by atoms with Crippen molar-refractivity contribution in [1.29, 1.82) is 0 Å². The fourth-order valence-corrected chi connectivity index (χ4v) is 1.47. The molecule has 0 bridgehead atoms. The van der Waals surface area contributed by atoms with Crippen LogP contribution >= 0.6 is 23.2 Å². The number of ketones is 1. The molecule has 0 fully saturated rings. The number of ether oxygens (including phenoxy) is 1. The topological polar surface area (TPSA) is 26.3 Å². The zero-order chi connectivity index (χ0) is 12.0. The van der Waals surface area contributed by atoms with Crippen molar-refractivity contribution >= 4 is 29.0 Å². The Morgan fingerprint density at radius 2 is 2.19 bits per heavy atom. The number of halogens is 2. The first-order valence-corrected chi connectivity index (χ1v) is 5.70. The molecule has 0 aliphatic carbocycles. The summed E-state index contributed by atoms with van der Waals surface area (Å²) in [5.41, 5.74) is 0.492. The SMILES string of the molecule is CC(=O)c1cc(Cl)ccc1OCC=CCCl. The van der Waals surface area contributed by atoms with Crippen molar-refractivity contribution in [2.24, 2.45) is 0 Å². The minimum atomic E-state index is -0.0705. The molecule has 1 aromatic rings. The van der Waals surface area contributed by atoms with E-state index < -0.39 is 0 Å². The van der Waals surface area contributed by atoms with Gasteiger partial charge in [0, 0.05) is 10.9 Å². The second-order valence-electron chi connectivity index (χ2n) is 3.13. The van der Waals surface area contributed by atoms with Crippen LogP contribution in [0.4, 0.5) is 0 Å². The van der Waals surface area contributed by atoms with Crippen LogP contribution in [-0.2, 0) is 0 Å². The third-order valence-corrected chi connectivity index (χ3v) is 2.32. The molecule has 1 aromatic carbocycles. The average Bonchev–Trinajstić information content (AvgIpc) is 2.26. The van der Waals surface area contributed by atoms with Crippen molar-refractivity contribution in [3.63, 3.8) is 0 Å². The maximum absolute atomic E-state index is 11.3. The minimum Gasteiger partial charge on any atom is -0.489 e. The van der Waals surface area contributed by atoms with Gasteiger partial charge in [0.05, 0.1) is 5.56 Å². The highest BCUT2D eigenvalue weighted by Crippen LogP contribution is 2.23. The van der Waals surface area contributed by atoms with Crippen molar-refractivity contribution in [1.82, 2.24) is 0 Å². The third kappa shape index (κ3) is 3.87. The van der Waals surface area contributed by atoms with E-state index in [4.69, 9.17) is 27.9 Å². The molecule has 16 heavy (non-hydrogen) atoms. The van der Waals surface area contributed by atoms with Crippen molar-refractivity contribution < 1.29 is 9.53 Å². The molecule has 0 radical (unpaired) electrons. The lowest BCUT2D eigenvalue weighted by atomic mass is 10.1. The Morgan fingerprint density at radius 3 is 2.81 bits per heavy atom. The Hall–Kier alpha value is -0.990. The molecular weight excluding hydrogens is 247 g/mol. The summed E-state index contributed by atoms with van der Waals surface area (Å²) in [6, 6.07) is 4.98. The van der Waals surface area contributed by atoms with Crippen LogP contribution in [0.25, 0.3) is 0 Å². The Morgan fingerprint density at radius 1 is 1.44 bits per heavy atom. The molecule has 0 amide bonds. The minimum absolute atomic E-state index is 0.0705. The van der Waals surface area contributed by atoms with Gasteiger partial charge in [-0.1, -0.05) is 23.8 Å². The first-order chi connectivity index (χ1) is 7.65.